The highest BCUT2D eigenvalue weighted by Gasteiger charge is 2.24. The van der Waals surface area contributed by atoms with Crippen LogP contribution in [0.5, 0.6) is 11.5 Å². The molecule has 0 atom stereocenters. The van der Waals surface area contributed by atoms with Crippen molar-refractivity contribution in [2.45, 2.75) is 39.2 Å². The number of aromatic hydroxyl groups is 2. The summed E-state index contributed by atoms with van der Waals surface area (Å²) in [6.07, 6.45) is 2.44. The minimum Gasteiger partial charge on any atom is -0.508 e. The van der Waals surface area contributed by atoms with Gasteiger partial charge in [-0.15, -0.1) is 5.10 Å². The Kier molecular flexibility index (Phi) is 5.65. The molecule has 1 aromatic heterocycles. The van der Waals surface area contributed by atoms with E-state index in [1.165, 1.54) is 23.6 Å². The van der Waals surface area contributed by atoms with E-state index in [-0.39, 0.29) is 34.5 Å². The van der Waals surface area contributed by atoms with Gasteiger partial charge in [0.2, 0.25) is 0 Å². The molecule has 8 nitrogen and oxygen atoms in total. The number of phenols is 2. The van der Waals surface area contributed by atoms with Crippen molar-refractivity contribution in [2.75, 3.05) is 13.1 Å². The van der Waals surface area contributed by atoms with Gasteiger partial charge in [-0.05, 0) is 49.0 Å². The normalized spacial score (nSPS) is 14.4. The molecule has 1 aliphatic rings. The van der Waals surface area contributed by atoms with Gasteiger partial charge in [0.15, 0.2) is 5.69 Å². The monoisotopic (exact) mass is 422 g/mol. The lowest BCUT2D eigenvalue weighted by Crippen LogP contribution is -2.18. The Hall–Kier alpha value is -3.39. The van der Waals surface area contributed by atoms with Gasteiger partial charge in [0.1, 0.15) is 22.9 Å². The molecule has 2 heterocycles. The fourth-order valence-electron chi connectivity index (χ4n) is 4.03. The molecule has 0 bridgehead atoms. The number of likely N-dealkylation sites (tertiary alicyclic amines) is 1. The molecule has 0 spiro atoms. The molecule has 0 unspecified atom stereocenters. The highest BCUT2D eigenvalue weighted by atomic mass is 16.4. The first-order chi connectivity index (χ1) is 14.8. The van der Waals surface area contributed by atoms with Crippen molar-refractivity contribution in [3.05, 3.63) is 53.2 Å². The Bertz CT molecular complexity index is 1100. The Balaban J connectivity index is 1.77. The van der Waals surface area contributed by atoms with Crippen LogP contribution in [0, 0.1) is 0 Å². The maximum absolute atomic E-state index is 11.8. The minimum atomic E-state index is -1.20. The van der Waals surface area contributed by atoms with Crippen LogP contribution in [-0.4, -0.2) is 54.3 Å². The summed E-state index contributed by atoms with van der Waals surface area (Å²) in [5, 5.41) is 38.2. The third kappa shape index (κ3) is 4.11. The van der Waals surface area contributed by atoms with E-state index in [2.05, 4.69) is 15.2 Å². The van der Waals surface area contributed by atoms with Crippen LogP contribution in [0.15, 0.2) is 36.4 Å². The van der Waals surface area contributed by atoms with Crippen LogP contribution >= 0.6 is 0 Å². The smallest absolute Gasteiger partial charge is 0.358 e. The molecule has 3 N–H and O–H groups in total. The number of carboxylic acids is 1. The predicted octanol–water partition coefficient (Wildman–Crippen LogP) is 3.76. The second-order valence-corrected chi connectivity index (χ2v) is 8.24. The van der Waals surface area contributed by atoms with Crippen molar-refractivity contribution in [1.82, 2.24) is 19.9 Å². The molecule has 1 saturated heterocycles. The number of phenolic OH excluding ortho intramolecular Hbond substituents is 2. The molecule has 0 amide bonds. The first-order valence-electron chi connectivity index (χ1n) is 10.4. The lowest BCUT2D eigenvalue weighted by Gasteiger charge is -2.16. The van der Waals surface area contributed by atoms with Gasteiger partial charge < -0.3 is 15.3 Å². The predicted molar refractivity (Wildman–Crippen MR) is 116 cm³/mol. The van der Waals surface area contributed by atoms with Crippen molar-refractivity contribution in [3.63, 3.8) is 0 Å². The first-order valence-corrected chi connectivity index (χ1v) is 10.4. The average molecular weight is 422 g/mol. The van der Waals surface area contributed by atoms with E-state index in [0.29, 0.717) is 11.1 Å². The molecule has 1 aliphatic heterocycles. The molecule has 162 valence electrons. The van der Waals surface area contributed by atoms with Gasteiger partial charge in [-0.2, -0.15) is 0 Å². The number of carbonyl (C=O) groups is 1. The molecule has 31 heavy (non-hydrogen) atoms. The van der Waals surface area contributed by atoms with E-state index < -0.39 is 5.97 Å². The van der Waals surface area contributed by atoms with Gasteiger partial charge in [-0.1, -0.05) is 43.3 Å². The quantitative estimate of drug-likeness (QED) is 0.554. The summed E-state index contributed by atoms with van der Waals surface area (Å²) in [5.74, 6) is -1.45. The number of carboxylic acid groups (broad SMARTS) is 1. The molecule has 0 saturated carbocycles. The summed E-state index contributed by atoms with van der Waals surface area (Å²) < 4.78 is 1.32. The van der Waals surface area contributed by atoms with Crippen LogP contribution in [-0.2, 0) is 6.54 Å². The fraction of sp³-hybridized carbons (Fsp3) is 0.348. The van der Waals surface area contributed by atoms with Gasteiger partial charge in [0, 0.05) is 18.2 Å². The second kappa shape index (κ2) is 8.39. The SMILES string of the molecule is CC(C)c1cc(-n2nnc(C(=O)O)c2-c2ccc(CN3CCCC3)cc2)c(O)cc1O. The van der Waals surface area contributed by atoms with Crippen molar-refractivity contribution in [2.24, 2.45) is 0 Å². The molecule has 1 fully saturated rings. The average Bonchev–Trinajstić information content (AvgIpc) is 3.38. The number of hydrogen-bond donors (Lipinski definition) is 3. The number of hydrogen-bond acceptors (Lipinski definition) is 6. The maximum Gasteiger partial charge on any atom is 0.358 e. The molecular formula is C23H26N4O4. The summed E-state index contributed by atoms with van der Waals surface area (Å²) in [5.41, 5.74) is 2.73. The number of aromatic carboxylic acids is 1. The third-order valence-corrected chi connectivity index (χ3v) is 5.68. The summed E-state index contributed by atoms with van der Waals surface area (Å²) >= 11 is 0. The first kappa shape index (κ1) is 20.9. The Morgan fingerprint density at radius 2 is 1.74 bits per heavy atom. The number of nitrogens with zero attached hydrogens (tertiary/aromatic N) is 4. The standard InChI is InChI=1S/C23H26N4O4/c1-14(2)17-11-18(20(29)12-19(17)28)27-22(21(23(30)31)24-25-27)16-7-5-15(6-8-16)13-26-9-3-4-10-26/h5-8,11-12,14,28-29H,3-4,9-10,13H2,1-2H3,(H,30,31). The summed E-state index contributed by atoms with van der Waals surface area (Å²) in [6, 6.07) is 10.5. The topological polar surface area (TPSA) is 112 Å². The van der Waals surface area contributed by atoms with Crippen LogP contribution in [0.1, 0.15) is 54.2 Å². The summed E-state index contributed by atoms with van der Waals surface area (Å²) in [7, 11) is 0. The van der Waals surface area contributed by atoms with E-state index in [1.807, 2.05) is 38.1 Å². The second-order valence-electron chi connectivity index (χ2n) is 8.24. The van der Waals surface area contributed by atoms with Gasteiger partial charge in [-0.25, -0.2) is 9.48 Å². The zero-order chi connectivity index (χ0) is 22.1. The molecule has 0 radical (unpaired) electrons. The van der Waals surface area contributed by atoms with E-state index in [9.17, 15) is 20.1 Å². The number of aromatic nitrogens is 3. The lowest BCUT2D eigenvalue weighted by molar-refractivity contribution is 0.0691. The minimum absolute atomic E-state index is 0.00450. The van der Waals surface area contributed by atoms with Crippen LogP contribution in [0.4, 0.5) is 0 Å². The Morgan fingerprint density at radius 3 is 2.35 bits per heavy atom. The Labute approximate surface area is 180 Å². The van der Waals surface area contributed by atoms with Gasteiger partial charge in [0.25, 0.3) is 0 Å². The van der Waals surface area contributed by atoms with Crippen LogP contribution < -0.4 is 0 Å². The Morgan fingerprint density at radius 1 is 1.06 bits per heavy atom. The van der Waals surface area contributed by atoms with Gasteiger partial charge in [0.05, 0.1) is 0 Å². The number of benzene rings is 2. The summed E-state index contributed by atoms with van der Waals surface area (Å²) in [6.45, 7) is 6.89. The van der Waals surface area contributed by atoms with Crippen LogP contribution in [0.3, 0.4) is 0 Å². The van der Waals surface area contributed by atoms with E-state index >= 15 is 0 Å². The largest absolute Gasteiger partial charge is 0.508 e. The van der Waals surface area contributed by atoms with Crippen molar-refractivity contribution in [1.29, 1.82) is 0 Å². The maximum atomic E-state index is 11.8. The third-order valence-electron chi connectivity index (χ3n) is 5.68. The van der Waals surface area contributed by atoms with Crippen molar-refractivity contribution >= 4 is 5.97 Å². The highest BCUT2D eigenvalue weighted by Crippen LogP contribution is 2.36. The van der Waals surface area contributed by atoms with Crippen LogP contribution in [0.25, 0.3) is 16.9 Å². The summed E-state index contributed by atoms with van der Waals surface area (Å²) in [4.78, 5) is 14.2. The van der Waals surface area contributed by atoms with Crippen molar-refractivity contribution in [3.8, 4) is 28.4 Å². The molecule has 8 heteroatoms. The highest BCUT2D eigenvalue weighted by molar-refractivity contribution is 5.93. The van der Waals surface area contributed by atoms with Gasteiger partial charge >= 0.3 is 5.97 Å². The van der Waals surface area contributed by atoms with Gasteiger partial charge in [-0.3, -0.25) is 4.90 Å². The zero-order valence-electron chi connectivity index (χ0n) is 17.6. The molecule has 2 aromatic carbocycles. The number of rotatable bonds is 6. The molecule has 3 aromatic rings. The molecular weight excluding hydrogens is 396 g/mol. The lowest BCUT2D eigenvalue weighted by atomic mass is 10.0. The van der Waals surface area contributed by atoms with E-state index in [1.54, 1.807) is 6.07 Å². The molecule has 4 rings (SSSR count). The van der Waals surface area contributed by atoms with Crippen molar-refractivity contribution < 1.29 is 20.1 Å². The fourth-order valence-corrected chi connectivity index (χ4v) is 4.03. The van der Waals surface area contributed by atoms with E-state index in [0.717, 1.165) is 25.2 Å². The van der Waals surface area contributed by atoms with Crippen LogP contribution in [0.2, 0.25) is 0 Å². The zero-order valence-corrected chi connectivity index (χ0v) is 17.6. The molecule has 0 aliphatic carbocycles. The van der Waals surface area contributed by atoms with E-state index in [4.69, 9.17) is 0 Å².